The predicted octanol–water partition coefficient (Wildman–Crippen LogP) is 1.49. The van der Waals surface area contributed by atoms with Crippen LogP contribution in [0.15, 0.2) is 17.5 Å². The van der Waals surface area contributed by atoms with Gasteiger partial charge in [0.25, 0.3) is 0 Å². The van der Waals surface area contributed by atoms with Gasteiger partial charge in [0.05, 0.1) is 0 Å². The molecule has 0 aromatic carbocycles. The van der Waals surface area contributed by atoms with Gasteiger partial charge in [-0.1, -0.05) is 13.0 Å². The van der Waals surface area contributed by atoms with Crippen molar-refractivity contribution in [2.45, 2.75) is 13.3 Å². The van der Waals surface area contributed by atoms with Crippen LogP contribution in [0.25, 0.3) is 0 Å². The summed E-state index contributed by atoms with van der Waals surface area (Å²) >= 11 is 1.77. The van der Waals surface area contributed by atoms with Crippen molar-refractivity contribution in [2.75, 3.05) is 13.2 Å². The van der Waals surface area contributed by atoms with Crippen LogP contribution in [0.4, 0.5) is 0 Å². The third kappa shape index (κ3) is 3.10. The third-order valence-corrected chi connectivity index (χ3v) is 3.34. The summed E-state index contributed by atoms with van der Waals surface area (Å²) in [6, 6.07) is 4.19. The Morgan fingerprint density at radius 2 is 2.38 bits per heavy atom. The second-order valence-corrected chi connectivity index (χ2v) is 4.47. The summed E-state index contributed by atoms with van der Waals surface area (Å²) in [6.45, 7) is 2.92. The highest BCUT2D eigenvalue weighted by Crippen LogP contribution is 2.19. The number of aliphatic hydroxyl groups is 1. The van der Waals surface area contributed by atoms with Crippen LogP contribution in [-0.2, 0) is 6.42 Å². The van der Waals surface area contributed by atoms with E-state index in [2.05, 4.69) is 24.4 Å². The molecule has 1 rings (SSSR count). The molecule has 3 N–H and O–H groups in total. The van der Waals surface area contributed by atoms with Gasteiger partial charge in [-0.25, -0.2) is 0 Å². The second-order valence-electron chi connectivity index (χ2n) is 3.44. The predicted molar refractivity (Wildman–Crippen MR) is 56.8 cm³/mol. The molecule has 1 heterocycles. The Morgan fingerprint density at radius 1 is 1.62 bits per heavy atom. The first-order valence-electron chi connectivity index (χ1n) is 4.61. The van der Waals surface area contributed by atoms with Gasteiger partial charge in [-0.3, -0.25) is 0 Å². The Balaban J connectivity index is 2.44. The van der Waals surface area contributed by atoms with Crippen molar-refractivity contribution < 1.29 is 5.11 Å². The largest absolute Gasteiger partial charge is 0.396 e. The van der Waals surface area contributed by atoms with Gasteiger partial charge >= 0.3 is 0 Å². The number of rotatable bonds is 5. The van der Waals surface area contributed by atoms with Gasteiger partial charge in [-0.15, -0.1) is 11.3 Å². The second kappa shape index (κ2) is 5.37. The lowest BCUT2D eigenvalue weighted by Gasteiger charge is -2.19. The number of hydrogen-bond acceptors (Lipinski definition) is 3. The van der Waals surface area contributed by atoms with Crippen LogP contribution in [0.1, 0.15) is 11.8 Å². The highest BCUT2D eigenvalue weighted by Gasteiger charge is 2.15. The van der Waals surface area contributed by atoms with E-state index in [1.165, 1.54) is 4.88 Å². The summed E-state index contributed by atoms with van der Waals surface area (Å²) in [5.41, 5.74) is 5.56. The van der Waals surface area contributed by atoms with Crippen LogP contribution in [0.3, 0.4) is 0 Å². The Hall–Kier alpha value is -0.380. The molecule has 0 aliphatic carbocycles. The van der Waals surface area contributed by atoms with E-state index in [1.54, 1.807) is 11.3 Å². The highest BCUT2D eigenvalue weighted by atomic mass is 32.1. The molecule has 3 heteroatoms. The van der Waals surface area contributed by atoms with Gasteiger partial charge in [0.15, 0.2) is 0 Å². The maximum Gasteiger partial charge on any atom is 0.0474 e. The first-order chi connectivity index (χ1) is 6.27. The summed E-state index contributed by atoms with van der Waals surface area (Å²) in [7, 11) is 0. The van der Waals surface area contributed by atoms with Crippen molar-refractivity contribution in [1.29, 1.82) is 0 Å². The van der Waals surface area contributed by atoms with Gasteiger partial charge in [0, 0.05) is 11.5 Å². The zero-order chi connectivity index (χ0) is 9.68. The molecule has 0 spiro atoms. The molecular weight excluding hydrogens is 182 g/mol. The quantitative estimate of drug-likeness (QED) is 0.755. The fraction of sp³-hybridized carbons (Fsp3) is 0.600. The Kier molecular flexibility index (Phi) is 4.42. The summed E-state index contributed by atoms with van der Waals surface area (Å²) in [5.74, 6) is 0.704. The van der Waals surface area contributed by atoms with Crippen molar-refractivity contribution >= 4 is 11.3 Å². The van der Waals surface area contributed by atoms with Gasteiger partial charge < -0.3 is 10.8 Å². The fourth-order valence-electron chi connectivity index (χ4n) is 1.40. The van der Waals surface area contributed by atoms with Gasteiger partial charge in [-0.2, -0.15) is 0 Å². The summed E-state index contributed by atoms with van der Waals surface area (Å²) in [4.78, 5) is 1.37. The molecule has 0 bridgehead atoms. The number of aliphatic hydroxyl groups excluding tert-OH is 1. The molecule has 0 aliphatic heterocycles. The normalized spacial score (nSPS) is 15.6. The molecule has 0 aliphatic rings. The Bertz CT molecular complexity index is 219. The zero-order valence-electron chi connectivity index (χ0n) is 7.94. The van der Waals surface area contributed by atoms with Crippen molar-refractivity contribution in [3.63, 3.8) is 0 Å². The topological polar surface area (TPSA) is 46.2 Å². The molecule has 2 atom stereocenters. The van der Waals surface area contributed by atoms with Crippen molar-refractivity contribution in [1.82, 2.24) is 0 Å². The lowest BCUT2D eigenvalue weighted by atomic mass is 9.91. The average Bonchev–Trinajstić information content (AvgIpc) is 2.59. The SMILES string of the molecule is CC(Cc1cccs1)C(CN)CO. The molecule has 2 unspecified atom stereocenters. The molecule has 1 aromatic rings. The summed E-state index contributed by atoms with van der Waals surface area (Å²) in [6.07, 6.45) is 1.03. The van der Waals surface area contributed by atoms with E-state index >= 15 is 0 Å². The van der Waals surface area contributed by atoms with E-state index in [-0.39, 0.29) is 12.5 Å². The van der Waals surface area contributed by atoms with Crippen LogP contribution in [0.5, 0.6) is 0 Å². The molecule has 74 valence electrons. The van der Waals surface area contributed by atoms with Crippen LogP contribution in [0, 0.1) is 11.8 Å². The molecule has 0 saturated carbocycles. The maximum atomic E-state index is 9.05. The van der Waals surface area contributed by atoms with Crippen LogP contribution in [0.2, 0.25) is 0 Å². The zero-order valence-corrected chi connectivity index (χ0v) is 8.76. The molecule has 13 heavy (non-hydrogen) atoms. The fourth-order valence-corrected chi connectivity index (χ4v) is 2.25. The van der Waals surface area contributed by atoms with Gasteiger partial charge in [-0.05, 0) is 36.2 Å². The molecular formula is C10H17NOS. The number of thiophene rings is 1. The lowest BCUT2D eigenvalue weighted by Crippen LogP contribution is -2.26. The maximum absolute atomic E-state index is 9.05. The van der Waals surface area contributed by atoms with Gasteiger partial charge in [0.2, 0.25) is 0 Å². The minimum absolute atomic E-state index is 0.197. The average molecular weight is 199 g/mol. The lowest BCUT2D eigenvalue weighted by molar-refractivity contribution is 0.187. The first-order valence-corrected chi connectivity index (χ1v) is 5.49. The first kappa shape index (κ1) is 10.7. The molecule has 0 saturated heterocycles. The van der Waals surface area contributed by atoms with E-state index in [0.29, 0.717) is 12.5 Å². The van der Waals surface area contributed by atoms with Crippen LogP contribution < -0.4 is 5.73 Å². The minimum Gasteiger partial charge on any atom is -0.396 e. The minimum atomic E-state index is 0.197. The van der Waals surface area contributed by atoms with Crippen molar-refractivity contribution in [3.8, 4) is 0 Å². The van der Waals surface area contributed by atoms with Crippen LogP contribution in [-0.4, -0.2) is 18.3 Å². The molecule has 1 aromatic heterocycles. The molecule has 0 fully saturated rings. The molecule has 2 nitrogen and oxygen atoms in total. The molecule has 0 amide bonds. The van der Waals surface area contributed by atoms with E-state index in [4.69, 9.17) is 10.8 Å². The highest BCUT2D eigenvalue weighted by molar-refractivity contribution is 7.09. The van der Waals surface area contributed by atoms with E-state index < -0.39 is 0 Å². The molecule has 0 radical (unpaired) electrons. The Labute approximate surface area is 83.4 Å². The summed E-state index contributed by atoms with van der Waals surface area (Å²) < 4.78 is 0. The number of hydrogen-bond donors (Lipinski definition) is 2. The van der Waals surface area contributed by atoms with E-state index in [9.17, 15) is 0 Å². The van der Waals surface area contributed by atoms with Crippen molar-refractivity contribution in [3.05, 3.63) is 22.4 Å². The van der Waals surface area contributed by atoms with Crippen LogP contribution >= 0.6 is 11.3 Å². The summed E-state index contributed by atoms with van der Waals surface area (Å²) in [5, 5.41) is 11.1. The smallest absolute Gasteiger partial charge is 0.0474 e. The van der Waals surface area contributed by atoms with E-state index in [0.717, 1.165) is 6.42 Å². The van der Waals surface area contributed by atoms with Crippen molar-refractivity contribution in [2.24, 2.45) is 17.6 Å². The third-order valence-electron chi connectivity index (χ3n) is 2.45. The van der Waals surface area contributed by atoms with E-state index in [1.807, 2.05) is 0 Å². The standard InChI is InChI=1S/C10H17NOS/c1-8(9(6-11)7-12)5-10-3-2-4-13-10/h2-4,8-9,12H,5-7,11H2,1H3. The Morgan fingerprint density at radius 3 is 2.85 bits per heavy atom. The monoisotopic (exact) mass is 199 g/mol. The number of nitrogens with two attached hydrogens (primary N) is 1. The van der Waals surface area contributed by atoms with Gasteiger partial charge in [0.1, 0.15) is 0 Å².